The Hall–Kier alpha value is -3.01. The predicted octanol–water partition coefficient (Wildman–Crippen LogP) is 4.08. The zero-order valence-corrected chi connectivity index (χ0v) is 15.5. The molecule has 1 heterocycles. The van der Waals surface area contributed by atoms with Crippen molar-refractivity contribution in [2.45, 2.75) is 20.3 Å². The summed E-state index contributed by atoms with van der Waals surface area (Å²) in [4.78, 5) is 12.6. The number of aryl methyl sites for hydroxylation is 1. The van der Waals surface area contributed by atoms with Crippen LogP contribution in [0.15, 0.2) is 60.7 Å². The van der Waals surface area contributed by atoms with Gasteiger partial charge in [0.05, 0.1) is 12.7 Å². The minimum atomic E-state index is -0.0335. The Bertz CT molecular complexity index is 881. The van der Waals surface area contributed by atoms with Crippen molar-refractivity contribution in [2.24, 2.45) is 0 Å². The van der Waals surface area contributed by atoms with Gasteiger partial charge in [-0.1, -0.05) is 30.3 Å². The zero-order valence-electron chi connectivity index (χ0n) is 15.5. The predicted molar refractivity (Wildman–Crippen MR) is 104 cm³/mol. The van der Waals surface area contributed by atoms with E-state index in [1.165, 1.54) is 5.56 Å². The van der Waals surface area contributed by atoms with Gasteiger partial charge in [-0.3, -0.25) is 4.79 Å². The van der Waals surface area contributed by atoms with E-state index in [0.717, 1.165) is 29.2 Å². The highest BCUT2D eigenvalue weighted by atomic mass is 16.5. The number of methoxy groups -OCH3 is 1. The third-order valence-corrected chi connectivity index (χ3v) is 4.55. The van der Waals surface area contributed by atoms with Gasteiger partial charge in [0.2, 0.25) is 0 Å². The average Bonchev–Trinajstić information content (AvgIpc) is 2.97. The molecule has 0 spiro atoms. The van der Waals surface area contributed by atoms with Crippen molar-refractivity contribution in [1.29, 1.82) is 0 Å². The first-order valence-electron chi connectivity index (χ1n) is 8.75. The van der Waals surface area contributed by atoms with Crippen LogP contribution in [0, 0.1) is 13.8 Å². The number of hydrogen-bond donors (Lipinski definition) is 1. The molecule has 0 unspecified atom stereocenters. The van der Waals surface area contributed by atoms with Crippen LogP contribution in [0.25, 0.3) is 5.69 Å². The first-order valence-corrected chi connectivity index (χ1v) is 8.75. The highest BCUT2D eigenvalue weighted by Crippen LogP contribution is 2.22. The van der Waals surface area contributed by atoms with E-state index in [9.17, 15) is 4.79 Å². The molecular weight excluding hydrogens is 324 g/mol. The minimum Gasteiger partial charge on any atom is -0.497 e. The highest BCUT2D eigenvalue weighted by Gasteiger charge is 2.16. The molecule has 4 nitrogen and oxygen atoms in total. The van der Waals surface area contributed by atoms with E-state index in [1.807, 2.05) is 62.4 Å². The van der Waals surface area contributed by atoms with E-state index in [2.05, 4.69) is 22.0 Å². The molecular formula is C22H24N2O2. The summed E-state index contributed by atoms with van der Waals surface area (Å²) in [5, 5.41) is 3.03. The first-order chi connectivity index (χ1) is 12.6. The van der Waals surface area contributed by atoms with Crippen molar-refractivity contribution in [1.82, 2.24) is 9.88 Å². The average molecular weight is 348 g/mol. The van der Waals surface area contributed by atoms with Crippen molar-refractivity contribution >= 4 is 5.91 Å². The summed E-state index contributed by atoms with van der Waals surface area (Å²) in [6.07, 6.45) is 0.823. The molecule has 2 aromatic carbocycles. The summed E-state index contributed by atoms with van der Waals surface area (Å²) < 4.78 is 7.31. The normalized spacial score (nSPS) is 10.6. The lowest BCUT2D eigenvalue weighted by Gasteiger charge is -2.11. The second-order valence-electron chi connectivity index (χ2n) is 6.31. The van der Waals surface area contributed by atoms with Gasteiger partial charge in [0.25, 0.3) is 5.91 Å². The van der Waals surface area contributed by atoms with Crippen LogP contribution in [0.1, 0.15) is 27.3 Å². The lowest BCUT2D eigenvalue weighted by molar-refractivity contribution is 0.0953. The van der Waals surface area contributed by atoms with Gasteiger partial charge in [-0.05, 0) is 56.2 Å². The molecule has 0 saturated heterocycles. The summed E-state index contributed by atoms with van der Waals surface area (Å²) in [5.41, 5.74) is 4.91. The largest absolute Gasteiger partial charge is 0.497 e. The van der Waals surface area contributed by atoms with Gasteiger partial charge in [-0.25, -0.2) is 0 Å². The van der Waals surface area contributed by atoms with Gasteiger partial charge in [0, 0.05) is 23.6 Å². The van der Waals surface area contributed by atoms with Crippen molar-refractivity contribution in [3.8, 4) is 11.4 Å². The van der Waals surface area contributed by atoms with Crippen LogP contribution in [0.4, 0.5) is 0 Å². The summed E-state index contributed by atoms with van der Waals surface area (Å²) in [7, 11) is 1.65. The van der Waals surface area contributed by atoms with Crippen LogP contribution in [0.5, 0.6) is 5.75 Å². The Morgan fingerprint density at radius 3 is 2.38 bits per heavy atom. The van der Waals surface area contributed by atoms with E-state index in [0.29, 0.717) is 12.1 Å². The molecule has 3 rings (SSSR count). The summed E-state index contributed by atoms with van der Waals surface area (Å²) in [5.74, 6) is 0.781. The molecule has 0 aliphatic heterocycles. The number of rotatable bonds is 6. The minimum absolute atomic E-state index is 0.0335. The van der Waals surface area contributed by atoms with Crippen molar-refractivity contribution in [3.05, 3.63) is 83.2 Å². The van der Waals surface area contributed by atoms with Gasteiger partial charge in [0.15, 0.2) is 0 Å². The summed E-state index contributed by atoms with van der Waals surface area (Å²) in [6, 6.07) is 19.9. The molecule has 3 aromatic rings. The third kappa shape index (κ3) is 3.80. The monoisotopic (exact) mass is 348 g/mol. The maximum absolute atomic E-state index is 12.6. The smallest absolute Gasteiger partial charge is 0.253 e. The molecule has 1 N–H and O–H groups in total. The Labute approximate surface area is 154 Å². The van der Waals surface area contributed by atoms with Crippen molar-refractivity contribution in [3.63, 3.8) is 0 Å². The van der Waals surface area contributed by atoms with Gasteiger partial charge < -0.3 is 14.6 Å². The Kier molecular flexibility index (Phi) is 5.42. The van der Waals surface area contributed by atoms with Gasteiger partial charge in [-0.2, -0.15) is 0 Å². The van der Waals surface area contributed by atoms with E-state index < -0.39 is 0 Å². The number of nitrogens with zero attached hydrogens (tertiary/aromatic N) is 1. The van der Waals surface area contributed by atoms with Crippen molar-refractivity contribution < 1.29 is 9.53 Å². The number of hydrogen-bond acceptors (Lipinski definition) is 2. The van der Waals surface area contributed by atoms with Gasteiger partial charge >= 0.3 is 0 Å². The molecule has 0 bridgehead atoms. The van der Waals surface area contributed by atoms with Crippen LogP contribution < -0.4 is 10.1 Å². The number of aromatic nitrogens is 1. The second kappa shape index (κ2) is 7.91. The molecule has 0 radical (unpaired) electrons. The Morgan fingerprint density at radius 1 is 1.04 bits per heavy atom. The lowest BCUT2D eigenvalue weighted by Crippen LogP contribution is -2.26. The van der Waals surface area contributed by atoms with Crippen LogP contribution in [-0.4, -0.2) is 24.1 Å². The third-order valence-electron chi connectivity index (χ3n) is 4.55. The zero-order chi connectivity index (χ0) is 18.5. The SMILES string of the molecule is COc1ccc(-n2c(C)cc(C(=O)NCCc3ccccc3)c2C)cc1. The number of nitrogens with one attached hydrogen (secondary N) is 1. The van der Waals surface area contributed by atoms with E-state index in [-0.39, 0.29) is 5.91 Å². The fourth-order valence-corrected chi connectivity index (χ4v) is 3.18. The topological polar surface area (TPSA) is 43.3 Å². The number of amides is 1. The second-order valence-corrected chi connectivity index (χ2v) is 6.31. The Morgan fingerprint density at radius 2 is 1.73 bits per heavy atom. The molecule has 26 heavy (non-hydrogen) atoms. The molecule has 0 atom stereocenters. The lowest BCUT2D eigenvalue weighted by atomic mass is 10.1. The molecule has 0 aliphatic carbocycles. The number of ether oxygens (including phenoxy) is 1. The maximum Gasteiger partial charge on any atom is 0.253 e. The summed E-state index contributed by atoms with van der Waals surface area (Å²) >= 11 is 0. The molecule has 0 saturated carbocycles. The molecule has 1 amide bonds. The number of carbonyl (C=O) groups excluding carboxylic acids is 1. The Balaban J connectivity index is 1.73. The molecule has 1 aromatic heterocycles. The molecule has 4 heteroatoms. The van der Waals surface area contributed by atoms with Gasteiger partial charge in [0.1, 0.15) is 5.75 Å². The first kappa shape index (κ1) is 17.8. The molecule has 0 aliphatic rings. The molecule has 134 valence electrons. The standard InChI is InChI=1S/C22H24N2O2/c1-16-15-21(22(25)23-14-13-18-7-5-4-6-8-18)17(2)24(16)19-9-11-20(26-3)12-10-19/h4-12,15H,13-14H2,1-3H3,(H,23,25). The van der Waals surface area contributed by atoms with E-state index in [1.54, 1.807) is 7.11 Å². The fraction of sp³-hybridized carbons (Fsp3) is 0.227. The number of benzene rings is 2. The van der Waals surface area contributed by atoms with Crippen molar-refractivity contribution in [2.75, 3.05) is 13.7 Å². The maximum atomic E-state index is 12.6. The summed E-state index contributed by atoms with van der Waals surface area (Å²) in [6.45, 7) is 4.61. The number of carbonyl (C=O) groups is 1. The highest BCUT2D eigenvalue weighted by molar-refractivity contribution is 5.95. The van der Waals surface area contributed by atoms with Crippen LogP contribution in [0.3, 0.4) is 0 Å². The van der Waals surface area contributed by atoms with E-state index in [4.69, 9.17) is 4.74 Å². The fourth-order valence-electron chi connectivity index (χ4n) is 3.18. The van der Waals surface area contributed by atoms with Crippen LogP contribution in [-0.2, 0) is 6.42 Å². The van der Waals surface area contributed by atoms with Crippen LogP contribution >= 0.6 is 0 Å². The quantitative estimate of drug-likeness (QED) is 0.729. The van der Waals surface area contributed by atoms with Crippen LogP contribution in [0.2, 0.25) is 0 Å². The van der Waals surface area contributed by atoms with E-state index >= 15 is 0 Å². The van der Waals surface area contributed by atoms with Gasteiger partial charge in [-0.15, -0.1) is 0 Å². The molecule has 0 fully saturated rings.